The Hall–Kier alpha value is -0.230. The molecule has 0 saturated heterocycles. The SMILES string of the molecule is Brc1csc(CNCCc2cscn2)c1. The molecule has 0 aromatic carbocycles. The van der Waals surface area contributed by atoms with Crippen molar-refractivity contribution in [1.29, 1.82) is 0 Å². The van der Waals surface area contributed by atoms with Crippen LogP contribution in [0.25, 0.3) is 0 Å². The van der Waals surface area contributed by atoms with E-state index in [1.54, 1.807) is 22.7 Å². The van der Waals surface area contributed by atoms with Gasteiger partial charge in [-0.3, -0.25) is 0 Å². The molecule has 0 aliphatic carbocycles. The van der Waals surface area contributed by atoms with Crippen LogP contribution in [0.2, 0.25) is 0 Å². The number of aromatic nitrogens is 1. The fourth-order valence-electron chi connectivity index (χ4n) is 1.24. The Kier molecular flexibility index (Phi) is 4.31. The highest BCUT2D eigenvalue weighted by molar-refractivity contribution is 9.10. The largest absolute Gasteiger partial charge is 0.311 e. The number of halogens is 1. The minimum absolute atomic E-state index is 0.945. The van der Waals surface area contributed by atoms with Gasteiger partial charge in [0, 0.05) is 39.6 Å². The van der Waals surface area contributed by atoms with Crippen molar-refractivity contribution in [3.63, 3.8) is 0 Å². The number of thiophene rings is 1. The maximum Gasteiger partial charge on any atom is 0.0794 e. The van der Waals surface area contributed by atoms with Crippen molar-refractivity contribution in [2.45, 2.75) is 13.0 Å². The van der Waals surface area contributed by atoms with E-state index in [4.69, 9.17) is 0 Å². The lowest BCUT2D eigenvalue weighted by atomic mass is 10.3. The standard InChI is InChI=1S/C10H11BrN2S2/c11-8-3-10(15-5-8)4-12-2-1-9-6-14-7-13-9/h3,5-7,12H,1-2,4H2. The van der Waals surface area contributed by atoms with Crippen LogP contribution in [-0.2, 0) is 13.0 Å². The summed E-state index contributed by atoms with van der Waals surface area (Å²) in [4.78, 5) is 5.60. The topological polar surface area (TPSA) is 24.9 Å². The summed E-state index contributed by atoms with van der Waals surface area (Å²) in [6.45, 7) is 1.93. The second-order valence-corrected chi connectivity index (χ2v) is 5.77. The molecule has 0 unspecified atom stereocenters. The number of rotatable bonds is 5. The van der Waals surface area contributed by atoms with Gasteiger partial charge in [0.2, 0.25) is 0 Å². The molecule has 0 radical (unpaired) electrons. The van der Waals surface area contributed by atoms with Gasteiger partial charge in [-0.25, -0.2) is 4.98 Å². The fraction of sp³-hybridized carbons (Fsp3) is 0.300. The van der Waals surface area contributed by atoms with Gasteiger partial charge < -0.3 is 5.32 Å². The summed E-state index contributed by atoms with van der Waals surface area (Å²) >= 11 is 6.88. The summed E-state index contributed by atoms with van der Waals surface area (Å²) in [6.07, 6.45) is 1.01. The van der Waals surface area contributed by atoms with Crippen molar-refractivity contribution >= 4 is 38.6 Å². The van der Waals surface area contributed by atoms with Crippen molar-refractivity contribution < 1.29 is 0 Å². The predicted molar refractivity (Wildman–Crippen MR) is 69.5 cm³/mol. The molecule has 0 aliphatic rings. The second-order valence-electron chi connectivity index (χ2n) is 3.14. The first-order chi connectivity index (χ1) is 7.34. The molecular formula is C10H11BrN2S2. The molecule has 2 aromatic heterocycles. The number of nitrogens with one attached hydrogen (secondary N) is 1. The van der Waals surface area contributed by atoms with Gasteiger partial charge >= 0.3 is 0 Å². The lowest BCUT2D eigenvalue weighted by Gasteiger charge is -2.00. The molecule has 0 bridgehead atoms. The van der Waals surface area contributed by atoms with Crippen LogP contribution in [0.4, 0.5) is 0 Å². The van der Waals surface area contributed by atoms with Gasteiger partial charge in [-0.2, -0.15) is 0 Å². The Bertz CT molecular complexity index is 397. The zero-order valence-electron chi connectivity index (χ0n) is 8.07. The van der Waals surface area contributed by atoms with Crippen molar-refractivity contribution in [3.05, 3.63) is 37.4 Å². The van der Waals surface area contributed by atoms with Gasteiger partial charge in [-0.05, 0) is 22.0 Å². The van der Waals surface area contributed by atoms with E-state index in [0.717, 1.165) is 19.5 Å². The van der Waals surface area contributed by atoms with E-state index >= 15 is 0 Å². The number of hydrogen-bond donors (Lipinski definition) is 1. The van der Waals surface area contributed by atoms with E-state index in [1.807, 2.05) is 5.51 Å². The highest BCUT2D eigenvalue weighted by atomic mass is 79.9. The lowest BCUT2D eigenvalue weighted by molar-refractivity contribution is 0.688. The van der Waals surface area contributed by atoms with E-state index in [-0.39, 0.29) is 0 Å². The van der Waals surface area contributed by atoms with Crippen LogP contribution in [0.1, 0.15) is 10.6 Å². The van der Waals surface area contributed by atoms with Gasteiger partial charge in [0.1, 0.15) is 0 Å². The van der Waals surface area contributed by atoms with E-state index in [1.165, 1.54) is 15.0 Å². The first kappa shape index (κ1) is 11.3. The summed E-state index contributed by atoms with van der Waals surface area (Å²) < 4.78 is 1.17. The summed E-state index contributed by atoms with van der Waals surface area (Å²) in [7, 11) is 0. The third kappa shape index (κ3) is 3.68. The minimum Gasteiger partial charge on any atom is -0.311 e. The van der Waals surface area contributed by atoms with Crippen molar-refractivity contribution in [2.75, 3.05) is 6.54 Å². The molecule has 0 saturated carbocycles. The average molecular weight is 303 g/mol. The van der Waals surface area contributed by atoms with Crippen LogP contribution in [0.3, 0.4) is 0 Å². The van der Waals surface area contributed by atoms with Crippen LogP contribution >= 0.6 is 38.6 Å². The van der Waals surface area contributed by atoms with E-state index in [0.29, 0.717) is 0 Å². The molecule has 0 fully saturated rings. The highest BCUT2D eigenvalue weighted by Crippen LogP contribution is 2.19. The van der Waals surface area contributed by atoms with Crippen LogP contribution in [-0.4, -0.2) is 11.5 Å². The maximum atomic E-state index is 4.24. The molecule has 0 aliphatic heterocycles. The first-order valence-corrected chi connectivity index (χ1v) is 7.27. The normalized spacial score (nSPS) is 10.7. The average Bonchev–Trinajstić information content (AvgIpc) is 2.84. The molecule has 5 heteroatoms. The van der Waals surface area contributed by atoms with E-state index in [9.17, 15) is 0 Å². The summed E-state index contributed by atoms with van der Waals surface area (Å²) in [5.41, 5.74) is 3.06. The van der Waals surface area contributed by atoms with Gasteiger partial charge in [-0.15, -0.1) is 22.7 Å². The van der Waals surface area contributed by atoms with Gasteiger partial charge in [0.05, 0.1) is 11.2 Å². The third-order valence-corrected chi connectivity index (χ3v) is 4.30. The highest BCUT2D eigenvalue weighted by Gasteiger charge is 1.98. The second kappa shape index (κ2) is 5.75. The minimum atomic E-state index is 0.945. The zero-order chi connectivity index (χ0) is 10.5. The van der Waals surface area contributed by atoms with Crippen molar-refractivity contribution in [2.24, 2.45) is 0 Å². The number of hydrogen-bond acceptors (Lipinski definition) is 4. The summed E-state index contributed by atoms with van der Waals surface area (Å²) in [5, 5.41) is 7.62. The van der Waals surface area contributed by atoms with Crippen molar-refractivity contribution in [3.8, 4) is 0 Å². The van der Waals surface area contributed by atoms with Crippen LogP contribution in [0, 0.1) is 0 Å². The maximum absolute atomic E-state index is 4.24. The molecule has 1 N–H and O–H groups in total. The molecule has 0 spiro atoms. The molecule has 15 heavy (non-hydrogen) atoms. The Morgan fingerprint density at radius 2 is 2.33 bits per heavy atom. The summed E-state index contributed by atoms with van der Waals surface area (Å²) in [5.74, 6) is 0. The van der Waals surface area contributed by atoms with Gasteiger partial charge in [-0.1, -0.05) is 0 Å². The van der Waals surface area contributed by atoms with Crippen LogP contribution in [0.15, 0.2) is 26.8 Å². The molecule has 0 atom stereocenters. The van der Waals surface area contributed by atoms with Crippen LogP contribution in [0.5, 0.6) is 0 Å². The van der Waals surface area contributed by atoms with Crippen molar-refractivity contribution in [1.82, 2.24) is 10.3 Å². The third-order valence-electron chi connectivity index (χ3n) is 1.96. The summed E-state index contributed by atoms with van der Waals surface area (Å²) in [6, 6.07) is 2.15. The molecule has 2 rings (SSSR count). The molecule has 2 nitrogen and oxygen atoms in total. The van der Waals surface area contributed by atoms with E-state index in [2.05, 4.69) is 43.1 Å². The van der Waals surface area contributed by atoms with E-state index < -0.39 is 0 Å². The Labute approximate surface area is 106 Å². The quantitative estimate of drug-likeness (QED) is 0.857. The fourth-order valence-corrected chi connectivity index (χ4v) is 3.25. The molecular weight excluding hydrogens is 292 g/mol. The zero-order valence-corrected chi connectivity index (χ0v) is 11.3. The molecule has 2 aromatic rings. The van der Waals surface area contributed by atoms with Crippen LogP contribution < -0.4 is 5.32 Å². The molecule has 80 valence electrons. The van der Waals surface area contributed by atoms with Gasteiger partial charge in [0.15, 0.2) is 0 Å². The molecule has 2 heterocycles. The predicted octanol–water partition coefficient (Wildman–Crippen LogP) is 3.30. The van der Waals surface area contributed by atoms with Gasteiger partial charge in [0.25, 0.3) is 0 Å². The monoisotopic (exact) mass is 302 g/mol. The number of thiazole rings is 1. The number of nitrogens with zero attached hydrogens (tertiary/aromatic N) is 1. The lowest BCUT2D eigenvalue weighted by Crippen LogP contribution is -2.15. The smallest absolute Gasteiger partial charge is 0.0794 e. The first-order valence-electron chi connectivity index (χ1n) is 4.65. The Morgan fingerprint density at radius 3 is 3.00 bits per heavy atom. The Balaban J connectivity index is 1.67. The Morgan fingerprint density at radius 1 is 1.40 bits per heavy atom. The molecule has 0 amide bonds.